The van der Waals surface area contributed by atoms with Crippen molar-refractivity contribution in [1.82, 2.24) is 19.6 Å². The molecule has 3 aromatic rings. The predicted octanol–water partition coefficient (Wildman–Crippen LogP) is 3.45. The number of hydrogen-bond acceptors (Lipinski definition) is 5. The van der Waals surface area contributed by atoms with E-state index in [0.29, 0.717) is 27.6 Å². The molecule has 10 heteroatoms. The fourth-order valence-corrected chi connectivity index (χ4v) is 3.22. The monoisotopic (exact) mass is 422 g/mol. The Morgan fingerprint density at radius 3 is 2.57 bits per heavy atom. The summed E-state index contributed by atoms with van der Waals surface area (Å²) in [5.74, 6) is -0.783. The van der Waals surface area contributed by atoms with Gasteiger partial charge >= 0.3 is 5.97 Å². The summed E-state index contributed by atoms with van der Waals surface area (Å²) in [4.78, 5) is 24.2. The Bertz CT molecular complexity index is 1090. The van der Waals surface area contributed by atoms with Crippen molar-refractivity contribution in [3.8, 4) is 22.6 Å². The molecule has 0 unspecified atom stereocenters. The molecular weight excluding hydrogens is 407 g/mol. The molecular formula is C18H16Cl2N4O4. The van der Waals surface area contributed by atoms with Gasteiger partial charge in [-0.2, -0.15) is 0 Å². The maximum atomic E-state index is 12.7. The van der Waals surface area contributed by atoms with E-state index >= 15 is 0 Å². The van der Waals surface area contributed by atoms with Crippen LogP contribution in [-0.2, 0) is 4.79 Å². The third-order valence-electron chi connectivity index (χ3n) is 4.23. The predicted molar refractivity (Wildman–Crippen MR) is 105 cm³/mol. The van der Waals surface area contributed by atoms with Gasteiger partial charge in [-0.15, -0.1) is 5.10 Å². The first-order valence-corrected chi connectivity index (χ1v) is 9.02. The number of pyridine rings is 1. The van der Waals surface area contributed by atoms with Crippen LogP contribution in [0.5, 0.6) is 5.75 Å². The van der Waals surface area contributed by atoms with Gasteiger partial charge in [0.1, 0.15) is 11.8 Å². The van der Waals surface area contributed by atoms with Crippen LogP contribution in [0.3, 0.4) is 0 Å². The standard InChI is InChI=1S/C18H16Cl2N4O4/c1-3-13(18(26)27)23-8-15(28-2)12(7-17(23)25)11-6-10(19)4-5-14(11)24-9-16(20)21-22-24/h4-9,13H,3H2,1-2H3,(H,26,27)/t13-/m0/s1. The Kier molecular flexibility index (Phi) is 5.71. The minimum Gasteiger partial charge on any atom is -0.495 e. The molecule has 3 rings (SSSR count). The molecule has 146 valence electrons. The Hall–Kier alpha value is -2.84. The Labute approximate surface area is 169 Å². The van der Waals surface area contributed by atoms with Gasteiger partial charge in [-0.1, -0.05) is 35.3 Å². The van der Waals surface area contributed by atoms with Crippen LogP contribution in [-0.4, -0.2) is 37.7 Å². The quantitative estimate of drug-likeness (QED) is 0.652. The molecule has 0 aliphatic carbocycles. The topological polar surface area (TPSA) is 99.2 Å². The smallest absolute Gasteiger partial charge is 0.326 e. The number of carboxylic acid groups (broad SMARTS) is 1. The van der Waals surface area contributed by atoms with Crippen LogP contribution < -0.4 is 10.3 Å². The number of halogens is 2. The zero-order chi connectivity index (χ0) is 20.4. The van der Waals surface area contributed by atoms with Crippen LogP contribution in [0.4, 0.5) is 0 Å². The highest BCUT2D eigenvalue weighted by atomic mass is 35.5. The number of methoxy groups -OCH3 is 1. The van der Waals surface area contributed by atoms with E-state index in [1.54, 1.807) is 25.1 Å². The van der Waals surface area contributed by atoms with Gasteiger partial charge in [0.05, 0.1) is 25.2 Å². The van der Waals surface area contributed by atoms with Gasteiger partial charge in [0.2, 0.25) is 0 Å². The fourth-order valence-electron chi connectivity index (χ4n) is 2.92. The van der Waals surface area contributed by atoms with Crippen molar-refractivity contribution in [2.75, 3.05) is 7.11 Å². The van der Waals surface area contributed by atoms with E-state index in [1.165, 1.54) is 30.3 Å². The Balaban J connectivity index is 2.25. The van der Waals surface area contributed by atoms with Gasteiger partial charge in [0.25, 0.3) is 5.56 Å². The minimum absolute atomic E-state index is 0.204. The molecule has 2 heterocycles. The maximum absolute atomic E-state index is 12.7. The molecule has 2 aromatic heterocycles. The Morgan fingerprint density at radius 1 is 1.25 bits per heavy atom. The van der Waals surface area contributed by atoms with E-state index in [-0.39, 0.29) is 11.6 Å². The van der Waals surface area contributed by atoms with Gasteiger partial charge in [-0.05, 0) is 24.6 Å². The summed E-state index contributed by atoms with van der Waals surface area (Å²) in [5.41, 5.74) is 1.09. The molecule has 1 atom stereocenters. The molecule has 0 radical (unpaired) electrons. The van der Waals surface area contributed by atoms with Gasteiger partial charge in [-0.25, -0.2) is 9.48 Å². The van der Waals surface area contributed by atoms with E-state index in [0.717, 1.165) is 4.57 Å². The van der Waals surface area contributed by atoms with E-state index in [9.17, 15) is 14.7 Å². The molecule has 0 aliphatic heterocycles. The Morgan fingerprint density at radius 2 is 2.00 bits per heavy atom. The molecule has 0 spiro atoms. The van der Waals surface area contributed by atoms with Crippen LogP contribution in [0.2, 0.25) is 10.2 Å². The lowest BCUT2D eigenvalue weighted by Crippen LogP contribution is -2.29. The molecule has 1 aromatic carbocycles. The van der Waals surface area contributed by atoms with Crippen molar-refractivity contribution in [3.63, 3.8) is 0 Å². The summed E-state index contributed by atoms with van der Waals surface area (Å²) < 4.78 is 8.03. The lowest BCUT2D eigenvalue weighted by molar-refractivity contribution is -0.141. The number of nitrogens with zero attached hydrogens (tertiary/aromatic N) is 4. The lowest BCUT2D eigenvalue weighted by atomic mass is 10.0. The molecule has 28 heavy (non-hydrogen) atoms. The highest BCUT2D eigenvalue weighted by Gasteiger charge is 2.22. The normalized spacial score (nSPS) is 12.0. The molecule has 0 bridgehead atoms. The lowest BCUT2D eigenvalue weighted by Gasteiger charge is -2.18. The number of hydrogen-bond donors (Lipinski definition) is 1. The molecule has 0 saturated carbocycles. The van der Waals surface area contributed by atoms with Gasteiger partial charge in [0.15, 0.2) is 5.15 Å². The van der Waals surface area contributed by atoms with Crippen LogP contribution >= 0.6 is 23.2 Å². The molecule has 1 N–H and O–H groups in total. The number of benzene rings is 1. The highest BCUT2D eigenvalue weighted by Crippen LogP contribution is 2.35. The van der Waals surface area contributed by atoms with E-state index in [4.69, 9.17) is 27.9 Å². The molecule has 0 amide bonds. The molecule has 0 fully saturated rings. The number of carbonyl (C=O) groups is 1. The number of carboxylic acids is 1. The van der Waals surface area contributed by atoms with Crippen molar-refractivity contribution in [2.24, 2.45) is 0 Å². The third kappa shape index (κ3) is 3.74. The number of rotatable bonds is 6. The van der Waals surface area contributed by atoms with Crippen molar-refractivity contribution in [1.29, 1.82) is 0 Å². The number of aromatic nitrogens is 4. The maximum Gasteiger partial charge on any atom is 0.326 e. The average Bonchev–Trinajstić information content (AvgIpc) is 3.09. The number of ether oxygens (including phenoxy) is 1. The average molecular weight is 423 g/mol. The van der Waals surface area contributed by atoms with Gasteiger partial charge < -0.3 is 9.84 Å². The fraction of sp³-hybridized carbons (Fsp3) is 0.222. The molecule has 0 saturated heterocycles. The zero-order valence-corrected chi connectivity index (χ0v) is 16.5. The van der Waals surface area contributed by atoms with E-state index in [1.807, 2.05) is 0 Å². The first kappa shape index (κ1) is 19.9. The summed E-state index contributed by atoms with van der Waals surface area (Å²) >= 11 is 12.0. The second-order valence-corrected chi connectivity index (χ2v) is 6.73. The van der Waals surface area contributed by atoms with E-state index < -0.39 is 17.6 Å². The zero-order valence-electron chi connectivity index (χ0n) is 15.0. The van der Waals surface area contributed by atoms with Crippen molar-refractivity contribution >= 4 is 29.2 Å². The summed E-state index contributed by atoms with van der Waals surface area (Å²) in [6, 6.07) is 5.35. The minimum atomic E-state index is -1.10. The first-order valence-electron chi connectivity index (χ1n) is 8.26. The van der Waals surface area contributed by atoms with Crippen molar-refractivity contribution in [3.05, 3.63) is 57.2 Å². The second kappa shape index (κ2) is 8.04. The van der Waals surface area contributed by atoms with Gasteiger partial charge in [0, 0.05) is 22.2 Å². The van der Waals surface area contributed by atoms with Crippen LogP contribution in [0.1, 0.15) is 19.4 Å². The number of aliphatic carboxylic acids is 1. The largest absolute Gasteiger partial charge is 0.495 e. The van der Waals surface area contributed by atoms with E-state index in [2.05, 4.69) is 10.3 Å². The first-order chi connectivity index (χ1) is 13.3. The molecule has 8 nitrogen and oxygen atoms in total. The summed E-state index contributed by atoms with van der Waals surface area (Å²) in [6.45, 7) is 1.69. The van der Waals surface area contributed by atoms with Crippen LogP contribution in [0.15, 0.2) is 41.5 Å². The van der Waals surface area contributed by atoms with Gasteiger partial charge in [-0.3, -0.25) is 9.36 Å². The third-order valence-corrected chi connectivity index (χ3v) is 4.64. The van der Waals surface area contributed by atoms with Crippen LogP contribution in [0, 0.1) is 0 Å². The molecule has 0 aliphatic rings. The van der Waals surface area contributed by atoms with Crippen LogP contribution in [0.25, 0.3) is 16.8 Å². The summed E-state index contributed by atoms with van der Waals surface area (Å²) in [5, 5.41) is 17.7. The summed E-state index contributed by atoms with van der Waals surface area (Å²) in [7, 11) is 1.44. The van der Waals surface area contributed by atoms with Crippen molar-refractivity contribution in [2.45, 2.75) is 19.4 Å². The SMILES string of the molecule is CC[C@@H](C(=O)O)n1cc(OC)c(-c2cc(Cl)ccc2-n2cc(Cl)nn2)cc1=O. The highest BCUT2D eigenvalue weighted by molar-refractivity contribution is 6.31. The summed E-state index contributed by atoms with van der Waals surface area (Å²) in [6.07, 6.45) is 3.15. The second-order valence-electron chi connectivity index (χ2n) is 5.91. The van der Waals surface area contributed by atoms with Crippen molar-refractivity contribution < 1.29 is 14.6 Å².